The summed E-state index contributed by atoms with van der Waals surface area (Å²) in [7, 11) is 0. The topological polar surface area (TPSA) is 81.0 Å². The predicted octanol–water partition coefficient (Wildman–Crippen LogP) is 2.14. The van der Waals surface area contributed by atoms with Crippen LogP contribution in [0.25, 0.3) is 0 Å². The standard InChI is InChI=1S/C11H9FN4O2/c12-10-6-9(16(17)18)3-4-11(10)13-7-8-2-1-5-14-15-8/h1-6,13H,7H2. The van der Waals surface area contributed by atoms with E-state index in [-0.39, 0.29) is 11.4 Å². The van der Waals surface area contributed by atoms with Gasteiger partial charge in [-0.25, -0.2) is 4.39 Å². The molecule has 0 radical (unpaired) electrons. The SMILES string of the molecule is O=[N+]([O-])c1ccc(NCc2cccnn2)c(F)c1. The minimum atomic E-state index is -0.673. The van der Waals surface area contributed by atoms with Crippen LogP contribution in [-0.2, 0) is 6.54 Å². The van der Waals surface area contributed by atoms with Crippen molar-refractivity contribution in [2.45, 2.75) is 6.54 Å². The van der Waals surface area contributed by atoms with Crippen LogP contribution in [0.5, 0.6) is 0 Å². The highest BCUT2D eigenvalue weighted by atomic mass is 19.1. The minimum absolute atomic E-state index is 0.186. The van der Waals surface area contributed by atoms with Crippen molar-refractivity contribution in [1.29, 1.82) is 0 Å². The molecule has 92 valence electrons. The molecule has 0 aliphatic heterocycles. The Morgan fingerprint density at radius 2 is 2.22 bits per heavy atom. The number of anilines is 1. The fourth-order valence-corrected chi connectivity index (χ4v) is 1.37. The summed E-state index contributed by atoms with van der Waals surface area (Å²) in [5, 5.41) is 20.7. The Balaban J connectivity index is 2.08. The Labute approximate surface area is 102 Å². The van der Waals surface area contributed by atoms with Crippen LogP contribution >= 0.6 is 0 Å². The van der Waals surface area contributed by atoms with Crippen LogP contribution in [0, 0.1) is 15.9 Å². The Morgan fingerprint density at radius 1 is 1.39 bits per heavy atom. The molecule has 0 saturated carbocycles. The van der Waals surface area contributed by atoms with Crippen LogP contribution in [0.15, 0.2) is 36.5 Å². The molecule has 1 aromatic heterocycles. The van der Waals surface area contributed by atoms with Crippen molar-refractivity contribution >= 4 is 11.4 Å². The summed E-state index contributed by atoms with van der Waals surface area (Å²) in [4.78, 5) is 9.80. The summed E-state index contributed by atoms with van der Waals surface area (Å²) in [6, 6.07) is 6.89. The normalized spacial score (nSPS) is 10.1. The lowest BCUT2D eigenvalue weighted by Crippen LogP contribution is -2.04. The molecular weight excluding hydrogens is 239 g/mol. The van der Waals surface area contributed by atoms with Crippen LogP contribution in [0.2, 0.25) is 0 Å². The van der Waals surface area contributed by atoms with E-state index in [1.807, 2.05) is 0 Å². The van der Waals surface area contributed by atoms with Gasteiger partial charge in [-0.3, -0.25) is 10.1 Å². The fraction of sp³-hybridized carbons (Fsp3) is 0.0909. The second-order valence-electron chi connectivity index (χ2n) is 3.49. The molecule has 0 fully saturated rings. The molecule has 2 rings (SSSR count). The zero-order valence-electron chi connectivity index (χ0n) is 9.21. The summed E-state index contributed by atoms with van der Waals surface area (Å²) >= 11 is 0. The van der Waals surface area contributed by atoms with Gasteiger partial charge in [0, 0.05) is 12.3 Å². The van der Waals surface area contributed by atoms with Gasteiger partial charge in [0.25, 0.3) is 5.69 Å². The van der Waals surface area contributed by atoms with E-state index in [9.17, 15) is 14.5 Å². The van der Waals surface area contributed by atoms with E-state index in [2.05, 4.69) is 15.5 Å². The highest BCUT2D eigenvalue weighted by molar-refractivity contribution is 5.50. The first-order valence-electron chi connectivity index (χ1n) is 5.11. The number of hydrogen-bond donors (Lipinski definition) is 1. The molecule has 0 amide bonds. The van der Waals surface area contributed by atoms with Gasteiger partial charge < -0.3 is 5.32 Å². The number of hydrogen-bond acceptors (Lipinski definition) is 5. The summed E-state index contributed by atoms with van der Waals surface area (Å²) in [6.45, 7) is 0.294. The molecule has 6 nitrogen and oxygen atoms in total. The average molecular weight is 248 g/mol. The molecule has 1 heterocycles. The van der Waals surface area contributed by atoms with E-state index in [0.29, 0.717) is 12.2 Å². The van der Waals surface area contributed by atoms with Crippen LogP contribution < -0.4 is 5.32 Å². The molecule has 0 spiro atoms. The lowest BCUT2D eigenvalue weighted by atomic mass is 10.2. The van der Waals surface area contributed by atoms with Crippen molar-refractivity contribution in [1.82, 2.24) is 10.2 Å². The van der Waals surface area contributed by atoms with Crippen LogP contribution in [0.1, 0.15) is 5.69 Å². The predicted molar refractivity (Wildman–Crippen MR) is 62.4 cm³/mol. The van der Waals surface area contributed by atoms with E-state index in [1.165, 1.54) is 18.3 Å². The third-order valence-corrected chi connectivity index (χ3v) is 2.25. The zero-order valence-corrected chi connectivity index (χ0v) is 9.21. The van der Waals surface area contributed by atoms with E-state index in [0.717, 1.165) is 6.07 Å². The third kappa shape index (κ3) is 2.76. The number of non-ortho nitro benzene ring substituents is 1. The van der Waals surface area contributed by atoms with Crippen LogP contribution in [0.3, 0.4) is 0 Å². The summed E-state index contributed by atoms with van der Waals surface area (Å²) in [5.74, 6) is -0.673. The number of nitrogens with one attached hydrogen (secondary N) is 1. The Bertz CT molecular complexity index is 562. The van der Waals surface area contributed by atoms with Gasteiger partial charge in [-0.15, -0.1) is 0 Å². The lowest BCUT2D eigenvalue weighted by Gasteiger charge is -2.06. The number of rotatable bonds is 4. The molecule has 0 unspecified atom stereocenters. The fourth-order valence-electron chi connectivity index (χ4n) is 1.37. The molecule has 0 atom stereocenters. The monoisotopic (exact) mass is 248 g/mol. The number of nitro groups is 1. The average Bonchev–Trinajstić information content (AvgIpc) is 2.38. The number of aromatic nitrogens is 2. The molecule has 0 aliphatic carbocycles. The summed E-state index contributed by atoms with van der Waals surface area (Å²) in [6.07, 6.45) is 1.54. The highest BCUT2D eigenvalue weighted by Crippen LogP contribution is 2.20. The second kappa shape index (κ2) is 5.17. The van der Waals surface area contributed by atoms with Crippen molar-refractivity contribution < 1.29 is 9.31 Å². The van der Waals surface area contributed by atoms with E-state index in [4.69, 9.17) is 0 Å². The molecule has 7 heteroatoms. The first-order valence-corrected chi connectivity index (χ1v) is 5.11. The lowest BCUT2D eigenvalue weighted by molar-refractivity contribution is -0.385. The largest absolute Gasteiger partial charge is 0.377 e. The molecule has 1 aromatic carbocycles. The molecule has 0 saturated heterocycles. The van der Waals surface area contributed by atoms with Crippen molar-refractivity contribution in [2.24, 2.45) is 0 Å². The summed E-state index contributed by atoms with van der Waals surface area (Å²) in [5.41, 5.74) is 0.555. The molecule has 0 aliphatic rings. The highest BCUT2D eigenvalue weighted by Gasteiger charge is 2.10. The first kappa shape index (κ1) is 11.9. The molecule has 2 aromatic rings. The number of nitrogens with zero attached hydrogens (tertiary/aromatic N) is 3. The maximum absolute atomic E-state index is 13.5. The molecule has 18 heavy (non-hydrogen) atoms. The Hall–Kier alpha value is -2.57. The zero-order chi connectivity index (χ0) is 13.0. The van der Waals surface area contributed by atoms with Crippen molar-refractivity contribution in [2.75, 3.05) is 5.32 Å². The van der Waals surface area contributed by atoms with Crippen LogP contribution in [0.4, 0.5) is 15.8 Å². The van der Waals surface area contributed by atoms with Gasteiger partial charge in [0.15, 0.2) is 5.82 Å². The minimum Gasteiger partial charge on any atom is -0.377 e. The van der Waals surface area contributed by atoms with Gasteiger partial charge in [-0.1, -0.05) is 0 Å². The smallest absolute Gasteiger partial charge is 0.272 e. The third-order valence-electron chi connectivity index (χ3n) is 2.25. The Kier molecular flexibility index (Phi) is 3.42. The van der Waals surface area contributed by atoms with Crippen molar-refractivity contribution in [3.63, 3.8) is 0 Å². The Morgan fingerprint density at radius 3 is 2.83 bits per heavy atom. The van der Waals surface area contributed by atoms with Gasteiger partial charge in [-0.2, -0.15) is 10.2 Å². The van der Waals surface area contributed by atoms with Crippen molar-refractivity contribution in [3.8, 4) is 0 Å². The number of halogens is 1. The maximum atomic E-state index is 13.5. The van der Waals surface area contributed by atoms with Gasteiger partial charge in [0.05, 0.1) is 28.9 Å². The van der Waals surface area contributed by atoms with Crippen molar-refractivity contribution in [3.05, 3.63) is 58.2 Å². The van der Waals surface area contributed by atoms with E-state index in [1.54, 1.807) is 12.1 Å². The van der Waals surface area contributed by atoms with E-state index < -0.39 is 10.7 Å². The summed E-state index contributed by atoms with van der Waals surface area (Å²) < 4.78 is 13.5. The van der Waals surface area contributed by atoms with Gasteiger partial charge in [0.2, 0.25) is 0 Å². The molecule has 0 bridgehead atoms. The number of benzene rings is 1. The first-order chi connectivity index (χ1) is 8.66. The molecule has 1 N–H and O–H groups in total. The quantitative estimate of drug-likeness (QED) is 0.662. The van der Waals surface area contributed by atoms with Gasteiger partial charge >= 0.3 is 0 Å². The number of nitro benzene ring substituents is 1. The van der Waals surface area contributed by atoms with Crippen LogP contribution in [-0.4, -0.2) is 15.1 Å². The molecular formula is C11H9FN4O2. The second-order valence-corrected chi connectivity index (χ2v) is 3.49. The van der Waals surface area contributed by atoms with Gasteiger partial charge in [0.1, 0.15) is 0 Å². The van der Waals surface area contributed by atoms with E-state index >= 15 is 0 Å². The maximum Gasteiger partial charge on any atom is 0.272 e. The van der Waals surface area contributed by atoms with Gasteiger partial charge in [-0.05, 0) is 18.2 Å².